The molecule has 1 aromatic heterocycles. The zero-order valence-electron chi connectivity index (χ0n) is 19.7. The number of halogens is 1. The van der Waals surface area contributed by atoms with Crippen molar-refractivity contribution in [3.63, 3.8) is 0 Å². The molecular formula is C25H31FN2O5. The Morgan fingerprint density at radius 2 is 1.76 bits per heavy atom. The first kappa shape index (κ1) is 26.0. The van der Waals surface area contributed by atoms with Crippen LogP contribution in [0.4, 0.5) is 4.39 Å². The van der Waals surface area contributed by atoms with Gasteiger partial charge in [-0.15, -0.1) is 0 Å². The van der Waals surface area contributed by atoms with Gasteiger partial charge in [-0.25, -0.2) is 4.39 Å². The number of ether oxygens (including phenoxy) is 1. The minimum atomic E-state index is -1.38. The Labute approximate surface area is 193 Å². The molecule has 0 bridgehead atoms. The van der Waals surface area contributed by atoms with Gasteiger partial charge in [-0.3, -0.25) is 23.7 Å². The van der Waals surface area contributed by atoms with E-state index < -0.39 is 48.3 Å². The van der Waals surface area contributed by atoms with Crippen LogP contribution in [0.2, 0.25) is 0 Å². The maximum Gasteiger partial charge on any atom is 0.308 e. The number of aromatic nitrogens is 1. The largest absolute Gasteiger partial charge is 0.460 e. The molecule has 1 N–H and O–H groups in total. The lowest BCUT2D eigenvalue weighted by atomic mass is 9.92. The molecule has 0 saturated heterocycles. The van der Waals surface area contributed by atoms with E-state index in [-0.39, 0.29) is 17.5 Å². The average Bonchev–Trinajstić information content (AvgIpc) is 2.74. The highest BCUT2D eigenvalue weighted by Gasteiger charge is 2.31. The molecule has 1 heterocycles. The Bertz CT molecular complexity index is 1060. The Morgan fingerprint density at radius 3 is 2.30 bits per heavy atom. The molecule has 8 heteroatoms. The first-order valence-corrected chi connectivity index (χ1v) is 10.9. The van der Waals surface area contributed by atoms with Gasteiger partial charge in [0.1, 0.15) is 18.3 Å². The number of nitrogens with one attached hydrogen (secondary N) is 1. The van der Waals surface area contributed by atoms with E-state index in [9.17, 15) is 23.6 Å². The number of rotatable bonds is 9. The summed E-state index contributed by atoms with van der Waals surface area (Å²) >= 11 is 0. The van der Waals surface area contributed by atoms with Crippen LogP contribution in [-0.4, -0.2) is 40.5 Å². The molecule has 1 aromatic carbocycles. The Morgan fingerprint density at radius 1 is 1.12 bits per heavy atom. The zero-order valence-corrected chi connectivity index (χ0v) is 19.7. The third kappa shape index (κ3) is 6.84. The van der Waals surface area contributed by atoms with E-state index in [4.69, 9.17) is 4.74 Å². The number of hydrogen-bond acceptors (Lipinski definition) is 5. The first-order chi connectivity index (χ1) is 15.5. The molecule has 0 fully saturated rings. The molecule has 0 aliphatic rings. The van der Waals surface area contributed by atoms with Crippen LogP contribution < -0.4 is 10.9 Å². The number of nitrogens with zero attached hydrogens (tertiary/aromatic N) is 1. The fourth-order valence-corrected chi connectivity index (χ4v) is 3.54. The van der Waals surface area contributed by atoms with Crippen molar-refractivity contribution in [2.45, 2.75) is 65.0 Å². The van der Waals surface area contributed by atoms with Gasteiger partial charge in [-0.05, 0) is 57.9 Å². The smallest absolute Gasteiger partial charge is 0.308 e. The summed E-state index contributed by atoms with van der Waals surface area (Å²) in [7, 11) is 0. The van der Waals surface area contributed by atoms with Gasteiger partial charge < -0.3 is 10.1 Å². The summed E-state index contributed by atoms with van der Waals surface area (Å²) in [4.78, 5) is 50.7. The fraction of sp³-hybridized carbons (Fsp3) is 0.440. The van der Waals surface area contributed by atoms with Crippen molar-refractivity contribution in [1.29, 1.82) is 0 Å². The molecule has 178 valence electrons. The van der Waals surface area contributed by atoms with Gasteiger partial charge in [0.25, 0.3) is 5.56 Å². The van der Waals surface area contributed by atoms with Gasteiger partial charge >= 0.3 is 5.97 Å². The van der Waals surface area contributed by atoms with Crippen molar-refractivity contribution < 1.29 is 23.5 Å². The quantitative estimate of drug-likeness (QED) is 0.582. The van der Waals surface area contributed by atoms with Crippen LogP contribution in [0.1, 0.15) is 57.6 Å². The maximum absolute atomic E-state index is 13.3. The number of alkyl halides is 1. The number of para-hydroxylation sites is 1. The van der Waals surface area contributed by atoms with E-state index in [1.54, 1.807) is 71.1 Å². The van der Waals surface area contributed by atoms with E-state index in [0.717, 1.165) is 0 Å². The number of aryl methyl sites for hydroxylation is 1. The topological polar surface area (TPSA) is 94.5 Å². The highest BCUT2D eigenvalue weighted by molar-refractivity contribution is 5.94. The predicted molar refractivity (Wildman–Crippen MR) is 123 cm³/mol. The van der Waals surface area contributed by atoms with Crippen LogP contribution in [0.25, 0.3) is 5.69 Å². The summed E-state index contributed by atoms with van der Waals surface area (Å²) in [6.07, 6.45) is 1.41. The third-order valence-electron chi connectivity index (χ3n) is 5.08. The summed E-state index contributed by atoms with van der Waals surface area (Å²) in [5, 5.41) is 2.47. The average molecular weight is 459 g/mol. The van der Waals surface area contributed by atoms with E-state index >= 15 is 0 Å². The zero-order chi connectivity index (χ0) is 24.8. The fourth-order valence-electron chi connectivity index (χ4n) is 3.54. The van der Waals surface area contributed by atoms with Crippen molar-refractivity contribution >= 4 is 17.7 Å². The molecule has 2 atom stereocenters. The van der Waals surface area contributed by atoms with E-state index in [1.165, 1.54) is 4.57 Å². The van der Waals surface area contributed by atoms with Crippen LogP contribution in [0.3, 0.4) is 0 Å². The molecule has 2 rings (SSSR count). The Hall–Kier alpha value is -3.29. The number of pyridine rings is 1. The number of esters is 1. The maximum atomic E-state index is 13.3. The van der Waals surface area contributed by atoms with Crippen molar-refractivity contribution in [2.75, 3.05) is 6.67 Å². The van der Waals surface area contributed by atoms with Gasteiger partial charge in [-0.1, -0.05) is 25.1 Å². The SMILES string of the molecule is CCC(C(=O)NC(CC(=O)OC(C)(C)C)C(=O)CF)c1c(C)ccn(-c2ccccc2)c1=O. The van der Waals surface area contributed by atoms with E-state index in [0.29, 0.717) is 11.3 Å². The van der Waals surface area contributed by atoms with Crippen molar-refractivity contribution in [1.82, 2.24) is 9.88 Å². The van der Waals surface area contributed by atoms with Crippen molar-refractivity contribution in [3.8, 4) is 5.69 Å². The molecule has 2 aromatic rings. The molecule has 7 nitrogen and oxygen atoms in total. The Kier molecular flexibility index (Phi) is 8.68. The van der Waals surface area contributed by atoms with Crippen LogP contribution >= 0.6 is 0 Å². The summed E-state index contributed by atoms with van der Waals surface area (Å²) in [6.45, 7) is 7.13. The standard InChI is InChI=1S/C25H31FN2O5/c1-6-18(22-16(2)12-13-28(24(22)32)17-10-8-7-9-11-17)23(31)27-19(20(29)15-26)14-21(30)33-25(3,4)5/h7-13,18-19H,6,14-15H2,1-5H3,(H,27,31). The van der Waals surface area contributed by atoms with E-state index in [2.05, 4.69) is 5.32 Å². The van der Waals surface area contributed by atoms with Crippen LogP contribution in [0.15, 0.2) is 47.4 Å². The summed E-state index contributed by atoms with van der Waals surface area (Å²) < 4.78 is 19.8. The monoisotopic (exact) mass is 458 g/mol. The lowest BCUT2D eigenvalue weighted by molar-refractivity contribution is -0.156. The molecule has 0 spiro atoms. The third-order valence-corrected chi connectivity index (χ3v) is 5.08. The number of carbonyl (C=O) groups is 3. The number of ketones is 1. The molecule has 1 amide bonds. The highest BCUT2D eigenvalue weighted by atomic mass is 19.1. The summed E-state index contributed by atoms with van der Waals surface area (Å²) in [5.41, 5.74) is 0.401. The second-order valence-electron chi connectivity index (χ2n) is 8.84. The number of hydrogen-bond donors (Lipinski definition) is 1. The second-order valence-corrected chi connectivity index (χ2v) is 8.84. The molecule has 33 heavy (non-hydrogen) atoms. The van der Waals surface area contributed by atoms with Gasteiger partial charge in [0, 0.05) is 17.4 Å². The molecule has 0 aliphatic carbocycles. The second kappa shape index (κ2) is 11.0. The predicted octanol–water partition coefficient (Wildman–Crippen LogP) is 3.39. The lowest BCUT2D eigenvalue weighted by Gasteiger charge is -2.24. The summed E-state index contributed by atoms with van der Waals surface area (Å²) in [6, 6.07) is 9.34. The molecule has 0 saturated carbocycles. The highest BCUT2D eigenvalue weighted by Crippen LogP contribution is 2.22. The number of benzene rings is 1. The lowest BCUT2D eigenvalue weighted by Crippen LogP contribution is -2.46. The van der Waals surface area contributed by atoms with Crippen LogP contribution in [0.5, 0.6) is 0 Å². The van der Waals surface area contributed by atoms with Gasteiger partial charge in [0.2, 0.25) is 5.91 Å². The van der Waals surface area contributed by atoms with Gasteiger partial charge in [0.15, 0.2) is 5.78 Å². The molecular weight excluding hydrogens is 427 g/mol. The normalized spacial score (nSPS) is 13.2. The molecule has 2 unspecified atom stereocenters. The minimum Gasteiger partial charge on any atom is -0.460 e. The molecule has 0 radical (unpaired) electrons. The summed E-state index contributed by atoms with van der Waals surface area (Å²) in [5.74, 6) is -3.18. The minimum absolute atomic E-state index is 0.268. The molecule has 0 aliphatic heterocycles. The number of carbonyl (C=O) groups excluding carboxylic acids is 3. The van der Waals surface area contributed by atoms with Crippen molar-refractivity contribution in [3.05, 3.63) is 64.1 Å². The number of Topliss-reactive ketones (excluding diaryl/α,β-unsaturated/α-hetero) is 1. The Balaban J connectivity index is 2.35. The van der Waals surface area contributed by atoms with E-state index in [1.807, 2.05) is 6.07 Å². The van der Waals surface area contributed by atoms with Crippen LogP contribution in [-0.2, 0) is 19.1 Å². The van der Waals surface area contributed by atoms with Gasteiger partial charge in [-0.2, -0.15) is 0 Å². The first-order valence-electron chi connectivity index (χ1n) is 10.9. The number of amides is 1. The van der Waals surface area contributed by atoms with Crippen molar-refractivity contribution in [2.24, 2.45) is 0 Å². The van der Waals surface area contributed by atoms with Gasteiger partial charge in [0.05, 0.1) is 12.3 Å². The van der Waals surface area contributed by atoms with Crippen LogP contribution in [0, 0.1) is 6.92 Å².